The standard InChI is InChI=1S/C20H31NO/c22-20(18-10-4-1-5-11-18,19-12-6-2-7-13-19)14-17-21-15-8-3-9-16-21/h1,4-5,10-11,19,22H,2-3,6-9,12-17H2/i2D2,6D2,7D2,12D2,13D2,19D. The van der Waals surface area contributed by atoms with E-state index in [2.05, 4.69) is 0 Å². The van der Waals surface area contributed by atoms with E-state index in [4.69, 9.17) is 15.1 Å². The second kappa shape index (κ2) is 7.61. The van der Waals surface area contributed by atoms with Crippen LogP contribution in [0.15, 0.2) is 30.3 Å². The molecule has 0 radical (unpaired) electrons. The van der Waals surface area contributed by atoms with Crippen molar-refractivity contribution in [2.24, 2.45) is 5.89 Å². The van der Waals surface area contributed by atoms with Crippen molar-refractivity contribution in [1.82, 2.24) is 4.90 Å². The van der Waals surface area contributed by atoms with E-state index >= 15 is 0 Å². The molecule has 1 saturated carbocycles. The Balaban J connectivity index is 2.26. The van der Waals surface area contributed by atoms with Gasteiger partial charge in [0, 0.05) is 21.6 Å². The summed E-state index contributed by atoms with van der Waals surface area (Å²) in [5.41, 5.74) is -2.71. The highest BCUT2D eigenvalue weighted by atomic mass is 16.3. The summed E-state index contributed by atoms with van der Waals surface area (Å²) in [6, 6.07) is 7.41. The summed E-state index contributed by atoms with van der Waals surface area (Å²) in [6.45, 7) is 1.58. The Hall–Kier alpha value is -0.860. The number of hydrogen-bond donors (Lipinski definition) is 1. The van der Waals surface area contributed by atoms with Crippen molar-refractivity contribution in [2.45, 2.75) is 63.1 Å². The molecule has 2 heteroatoms. The highest BCUT2D eigenvalue weighted by Gasteiger charge is 2.38. The predicted molar refractivity (Wildman–Crippen MR) is 91.8 cm³/mol. The third-order valence-corrected chi connectivity index (χ3v) is 4.40. The van der Waals surface area contributed by atoms with Gasteiger partial charge in [-0.15, -0.1) is 0 Å². The summed E-state index contributed by atoms with van der Waals surface area (Å²) >= 11 is 0. The smallest absolute Gasteiger partial charge is 0.0936 e. The molecule has 1 aromatic rings. The molecule has 1 heterocycles. The predicted octanol–water partition coefficient (Wildman–Crippen LogP) is 4.33. The van der Waals surface area contributed by atoms with Gasteiger partial charge < -0.3 is 10.0 Å². The summed E-state index contributed by atoms with van der Waals surface area (Å²) in [6.07, 6.45) is -15.6. The van der Waals surface area contributed by atoms with Crippen molar-refractivity contribution >= 4 is 0 Å². The molecule has 1 atom stereocenters. The average Bonchev–Trinajstić information content (AvgIpc) is 2.76. The van der Waals surface area contributed by atoms with Crippen LogP contribution in [0.25, 0.3) is 0 Å². The first kappa shape index (κ1) is 7.36. The minimum Gasteiger partial charge on any atom is -0.385 e. The lowest BCUT2D eigenvalue weighted by Gasteiger charge is -2.40. The summed E-state index contributed by atoms with van der Waals surface area (Å²) in [5, 5.41) is 12.1. The van der Waals surface area contributed by atoms with Crippen LogP contribution in [0.4, 0.5) is 0 Å². The molecule has 0 spiro atoms. The van der Waals surface area contributed by atoms with Gasteiger partial charge in [-0.25, -0.2) is 0 Å². The van der Waals surface area contributed by atoms with Gasteiger partial charge in [0.05, 0.1) is 5.60 Å². The Bertz CT molecular complexity index is 825. The first-order valence-corrected chi connectivity index (χ1v) is 7.94. The van der Waals surface area contributed by atoms with Crippen LogP contribution in [0.2, 0.25) is 0 Å². The van der Waals surface area contributed by atoms with Gasteiger partial charge in [-0.05, 0) is 56.6 Å². The number of aliphatic hydroxyl groups is 1. The Labute approximate surface area is 151 Å². The molecule has 1 N–H and O–H groups in total. The summed E-state index contributed by atoms with van der Waals surface area (Å²) in [5.74, 6) is -3.44. The third-order valence-electron chi connectivity index (χ3n) is 4.40. The van der Waals surface area contributed by atoms with E-state index in [9.17, 15) is 5.11 Å². The zero-order chi connectivity index (χ0) is 25.1. The van der Waals surface area contributed by atoms with Crippen molar-refractivity contribution in [3.8, 4) is 0 Å². The molecule has 2 fully saturated rings. The quantitative estimate of drug-likeness (QED) is 0.874. The Kier molecular flexibility index (Phi) is 2.54. The fourth-order valence-electron chi connectivity index (χ4n) is 3.09. The van der Waals surface area contributed by atoms with Gasteiger partial charge in [-0.1, -0.05) is 55.9 Å². The number of piperidine rings is 1. The van der Waals surface area contributed by atoms with E-state index in [1.165, 1.54) is 24.3 Å². The largest absolute Gasteiger partial charge is 0.385 e. The average molecular weight is 313 g/mol. The molecule has 0 amide bonds. The van der Waals surface area contributed by atoms with Crippen LogP contribution >= 0.6 is 0 Å². The van der Waals surface area contributed by atoms with Gasteiger partial charge in [0.1, 0.15) is 0 Å². The molecule has 122 valence electrons. The molecule has 1 aromatic carbocycles. The fourth-order valence-corrected chi connectivity index (χ4v) is 3.09. The Morgan fingerprint density at radius 2 is 1.77 bits per heavy atom. The highest BCUT2D eigenvalue weighted by Crippen LogP contribution is 2.41. The molecule has 0 bridgehead atoms. The molecule has 2 nitrogen and oxygen atoms in total. The van der Waals surface area contributed by atoms with Gasteiger partial charge >= 0.3 is 0 Å². The molecule has 2 aliphatic rings. The lowest BCUT2D eigenvalue weighted by molar-refractivity contribution is -0.0528. The molecular formula is C20H31NO. The normalized spacial score (nSPS) is 44.3. The van der Waals surface area contributed by atoms with E-state index in [0.717, 1.165) is 19.3 Å². The molecular weight excluding hydrogens is 270 g/mol. The molecule has 22 heavy (non-hydrogen) atoms. The molecule has 1 unspecified atom stereocenters. The van der Waals surface area contributed by atoms with Crippen molar-refractivity contribution in [1.29, 1.82) is 0 Å². The van der Waals surface area contributed by atoms with Crippen LogP contribution < -0.4 is 0 Å². The minimum atomic E-state index is -3.63. The first-order chi connectivity index (χ1) is 14.9. The van der Waals surface area contributed by atoms with Gasteiger partial charge in [-0.2, -0.15) is 0 Å². The second-order valence-corrected chi connectivity index (χ2v) is 5.88. The van der Waals surface area contributed by atoms with E-state index < -0.39 is 43.4 Å². The van der Waals surface area contributed by atoms with Crippen molar-refractivity contribution in [3.63, 3.8) is 0 Å². The number of hydrogen-bond acceptors (Lipinski definition) is 2. The lowest BCUT2D eigenvalue weighted by Crippen LogP contribution is -2.41. The monoisotopic (exact) mass is 312 g/mol. The third kappa shape index (κ3) is 3.72. The van der Waals surface area contributed by atoms with E-state index in [1.54, 1.807) is 6.07 Å². The maximum atomic E-state index is 12.1. The second-order valence-electron chi connectivity index (χ2n) is 5.88. The number of nitrogens with zero attached hydrogens (tertiary/aromatic N) is 1. The summed E-state index contributed by atoms with van der Waals surface area (Å²) < 4.78 is 92.6. The van der Waals surface area contributed by atoms with E-state index in [0.29, 0.717) is 13.1 Å². The zero-order valence-corrected chi connectivity index (χ0v) is 12.7. The zero-order valence-electron chi connectivity index (χ0n) is 23.7. The van der Waals surface area contributed by atoms with Crippen molar-refractivity contribution in [2.75, 3.05) is 19.6 Å². The number of rotatable bonds is 5. The molecule has 0 aromatic heterocycles. The van der Waals surface area contributed by atoms with Crippen molar-refractivity contribution < 1.29 is 20.2 Å². The van der Waals surface area contributed by atoms with Crippen LogP contribution in [0, 0.1) is 5.89 Å². The van der Waals surface area contributed by atoms with Crippen LogP contribution in [0.5, 0.6) is 0 Å². The number of benzene rings is 1. The SMILES string of the molecule is [2H]C1([2H])C([2H])([2H])C([2H])([2H])C([2H])(C(O)(CCN2CCCCC2)c2ccccc2)C([2H])([2H])C1([2H])[2H]. The first-order valence-electron chi connectivity index (χ1n) is 13.4. The van der Waals surface area contributed by atoms with Gasteiger partial charge in [-0.3, -0.25) is 0 Å². The molecule has 1 saturated heterocycles. The molecule has 1 aliphatic carbocycles. The van der Waals surface area contributed by atoms with Crippen LogP contribution in [0.1, 0.15) is 78.2 Å². The van der Waals surface area contributed by atoms with Gasteiger partial charge in [0.15, 0.2) is 0 Å². The van der Waals surface area contributed by atoms with Crippen molar-refractivity contribution in [3.05, 3.63) is 35.9 Å². The van der Waals surface area contributed by atoms with Gasteiger partial charge in [0.25, 0.3) is 0 Å². The molecule has 1 aliphatic heterocycles. The summed E-state index contributed by atoms with van der Waals surface area (Å²) in [4.78, 5) is 2.00. The maximum absolute atomic E-state index is 12.1. The van der Waals surface area contributed by atoms with E-state index in [-0.39, 0.29) is 18.5 Å². The maximum Gasteiger partial charge on any atom is 0.0936 e. The topological polar surface area (TPSA) is 23.5 Å². The Morgan fingerprint density at radius 3 is 2.45 bits per heavy atom. The lowest BCUT2D eigenvalue weighted by atomic mass is 9.71. The highest BCUT2D eigenvalue weighted by molar-refractivity contribution is 5.23. The van der Waals surface area contributed by atoms with Crippen LogP contribution in [-0.4, -0.2) is 29.6 Å². The van der Waals surface area contributed by atoms with E-state index in [1.807, 2.05) is 4.90 Å². The Morgan fingerprint density at radius 1 is 1.09 bits per heavy atom. The molecule has 3 rings (SSSR count). The fraction of sp³-hybridized carbons (Fsp3) is 0.700. The summed E-state index contributed by atoms with van der Waals surface area (Å²) in [7, 11) is 0. The minimum absolute atomic E-state index is 0.0428. The van der Waals surface area contributed by atoms with Gasteiger partial charge in [0.2, 0.25) is 0 Å². The van der Waals surface area contributed by atoms with Crippen LogP contribution in [-0.2, 0) is 5.60 Å². The number of likely N-dealkylation sites (tertiary alicyclic amines) is 1. The van der Waals surface area contributed by atoms with Crippen LogP contribution in [0.3, 0.4) is 0 Å².